The largest absolute Gasteiger partial charge is 0.490 e. The molecule has 1 heterocycles. The third-order valence-corrected chi connectivity index (χ3v) is 7.46. The van der Waals surface area contributed by atoms with Gasteiger partial charge in [-0.3, -0.25) is 5.41 Å². The summed E-state index contributed by atoms with van der Waals surface area (Å²) in [6.45, 7) is 1.98. The zero-order valence-corrected chi connectivity index (χ0v) is 18.7. The molecule has 6 nitrogen and oxygen atoms in total. The van der Waals surface area contributed by atoms with E-state index in [0.29, 0.717) is 4.88 Å². The summed E-state index contributed by atoms with van der Waals surface area (Å²) in [5.74, 6) is -2.96. The lowest BCUT2D eigenvalue weighted by Crippen LogP contribution is -2.21. The average Bonchev–Trinajstić information content (AvgIpc) is 3.11. The van der Waals surface area contributed by atoms with Crippen molar-refractivity contribution in [2.24, 2.45) is 5.73 Å². The summed E-state index contributed by atoms with van der Waals surface area (Å²) in [7, 11) is -3.80. The Morgan fingerprint density at radius 1 is 1.12 bits per heavy atom. The zero-order chi connectivity index (χ0) is 24.3. The fraction of sp³-hybridized carbons (Fsp3) is 0.100. The van der Waals surface area contributed by atoms with E-state index in [1.807, 2.05) is 37.3 Å². The molecule has 32 heavy (non-hydrogen) atoms. The molecule has 0 saturated heterocycles. The van der Waals surface area contributed by atoms with Crippen LogP contribution < -0.4 is 5.73 Å². The summed E-state index contributed by atoms with van der Waals surface area (Å²) < 4.78 is 57.8. The number of carboxylic acids is 1. The molecule has 170 valence electrons. The van der Waals surface area contributed by atoms with Crippen molar-refractivity contribution in [3.05, 3.63) is 69.4 Å². The molecule has 2 aromatic carbocycles. The molecule has 0 spiro atoms. The predicted molar refractivity (Wildman–Crippen MR) is 116 cm³/mol. The molecule has 4 N–H and O–H groups in total. The highest BCUT2D eigenvalue weighted by Crippen LogP contribution is 2.36. The average molecular weight is 505 g/mol. The molecule has 3 aromatic rings. The maximum atomic E-state index is 13.0. The number of aryl methyl sites for hydroxylation is 1. The highest BCUT2D eigenvalue weighted by molar-refractivity contribution is 7.91. The molecule has 1 aromatic heterocycles. The van der Waals surface area contributed by atoms with Crippen molar-refractivity contribution in [3.63, 3.8) is 0 Å². The minimum absolute atomic E-state index is 0.0219. The highest BCUT2D eigenvalue weighted by Gasteiger charge is 2.38. The Hall–Kier alpha value is -2.89. The van der Waals surface area contributed by atoms with Gasteiger partial charge < -0.3 is 10.8 Å². The number of nitrogen functional groups attached to an aromatic ring is 1. The molecule has 12 heteroatoms. The SMILES string of the molecule is Cc1ccccc1-c1cccc(S(=O)(=O)c2cc(C(=N)N)sc2Cl)c1.O=C(O)C(F)(F)F. The third-order valence-electron chi connectivity index (χ3n) is 4.05. The van der Waals surface area contributed by atoms with Gasteiger partial charge in [0.1, 0.15) is 15.1 Å². The van der Waals surface area contributed by atoms with Gasteiger partial charge in [-0.2, -0.15) is 13.2 Å². The number of halogens is 4. The van der Waals surface area contributed by atoms with Gasteiger partial charge in [-0.15, -0.1) is 11.3 Å². The minimum Gasteiger partial charge on any atom is -0.475 e. The predicted octanol–water partition coefficient (Wildman–Crippen LogP) is 5.13. The Balaban J connectivity index is 0.000000451. The molecule has 0 aliphatic heterocycles. The summed E-state index contributed by atoms with van der Waals surface area (Å²) in [5.41, 5.74) is 8.28. The van der Waals surface area contributed by atoms with E-state index in [-0.39, 0.29) is 20.0 Å². The van der Waals surface area contributed by atoms with Crippen molar-refractivity contribution in [2.45, 2.75) is 22.9 Å². The van der Waals surface area contributed by atoms with Crippen LogP contribution in [0.5, 0.6) is 0 Å². The number of sulfone groups is 1. The van der Waals surface area contributed by atoms with E-state index in [9.17, 15) is 21.6 Å². The highest BCUT2D eigenvalue weighted by atomic mass is 35.5. The maximum Gasteiger partial charge on any atom is 0.490 e. The lowest BCUT2D eigenvalue weighted by molar-refractivity contribution is -0.192. The Labute approximate surface area is 190 Å². The molecule has 0 atom stereocenters. The third kappa shape index (κ3) is 5.87. The van der Waals surface area contributed by atoms with E-state index in [2.05, 4.69) is 0 Å². The van der Waals surface area contributed by atoms with Crippen LogP contribution in [0.25, 0.3) is 11.1 Å². The van der Waals surface area contributed by atoms with Gasteiger partial charge in [-0.1, -0.05) is 48.0 Å². The van der Waals surface area contributed by atoms with Gasteiger partial charge in [0.15, 0.2) is 0 Å². The van der Waals surface area contributed by atoms with Crippen LogP contribution in [0.4, 0.5) is 13.2 Å². The quantitative estimate of drug-likeness (QED) is 0.336. The van der Waals surface area contributed by atoms with E-state index in [1.165, 1.54) is 6.07 Å². The molecular formula is C20H16ClF3N2O4S2. The second kappa shape index (κ2) is 9.72. The lowest BCUT2D eigenvalue weighted by atomic mass is 10.0. The lowest BCUT2D eigenvalue weighted by Gasteiger charge is -2.09. The number of carboxylic acid groups (broad SMARTS) is 1. The van der Waals surface area contributed by atoms with Crippen molar-refractivity contribution in [1.82, 2.24) is 0 Å². The topological polar surface area (TPSA) is 121 Å². The smallest absolute Gasteiger partial charge is 0.475 e. The molecule has 0 saturated carbocycles. The summed E-state index contributed by atoms with van der Waals surface area (Å²) >= 11 is 7.08. The number of nitrogens with one attached hydrogen (secondary N) is 1. The molecule has 0 aliphatic carbocycles. The van der Waals surface area contributed by atoms with Gasteiger partial charge in [-0.05, 0) is 41.8 Å². The Morgan fingerprint density at radius 2 is 1.72 bits per heavy atom. The second-order valence-corrected chi connectivity index (χ2v) is 9.88. The molecule has 0 aliphatic rings. The molecular weight excluding hydrogens is 489 g/mol. The van der Waals surface area contributed by atoms with Gasteiger partial charge in [-0.25, -0.2) is 13.2 Å². The van der Waals surface area contributed by atoms with E-state index in [0.717, 1.165) is 28.0 Å². The number of alkyl halides is 3. The molecule has 0 bridgehead atoms. The number of carbonyl (C=O) groups is 1. The first-order chi connectivity index (χ1) is 14.7. The van der Waals surface area contributed by atoms with Crippen molar-refractivity contribution in [2.75, 3.05) is 0 Å². The van der Waals surface area contributed by atoms with Crippen LogP contribution in [0.3, 0.4) is 0 Å². The fourth-order valence-corrected chi connectivity index (χ4v) is 5.58. The van der Waals surface area contributed by atoms with Crippen LogP contribution in [-0.4, -0.2) is 31.5 Å². The molecule has 0 radical (unpaired) electrons. The normalized spacial score (nSPS) is 11.4. The van der Waals surface area contributed by atoms with Crippen molar-refractivity contribution in [1.29, 1.82) is 5.41 Å². The minimum atomic E-state index is -5.08. The molecule has 0 amide bonds. The Kier molecular flexibility index (Phi) is 7.70. The Bertz CT molecular complexity index is 1270. The molecule has 3 rings (SSSR count). The number of nitrogens with two attached hydrogens (primary N) is 1. The van der Waals surface area contributed by atoms with Crippen LogP contribution in [0.15, 0.2) is 64.4 Å². The van der Waals surface area contributed by atoms with E-state index < -0.39 is 22.0 Å². The summed E-state index contributed by atoms with van der Waals surface area (Å²) in [6.07, 6.45) is -5.08. The fourth-order valence-electron chi connectivity index (χ4n) is 2.52. The van der Waals surface area contributed by atoms with Crippen molar-refractivity contribution in [3.8, 4) is 11.1 Å². The number of aliphatic carboxylic acids is 1. The van der Waals surface area contributed by atoms with Gasteiger partial charge >= 0.3 is 12.1 Å². The number of rotatable bonds is 4. The zero-order valence-electron chi connectivity index (χ0n) is 16.3. The van der Waals surface area contributed by atoms with Gasteiger partial charge in [0.25, 0.3) is 0 Å². The Morgan fingerprint density at radius 3 is 2.22 bits per heavy atom. The van der Waals surface area contributed by atoms with Crippen LogP contribution in [0.1, 0.15) is 10.4 Å². The maximum absolute atomic E-state index is 13.0. The number of hydrogen-bond donors (Lipinski definition) is 3. The summed E-state index contributed by atoms with van der Waals surface area (Å²) in [4.78, 5) is 9.36. The van der Waals surface area contributed by atoms with Crippen LogP contribution in [0.2, 0.25) is 4.34 Å². The van der Waals surface area contributed by atoms with E-state index >= 15 is 0 Å². The number of benzene rings is 2. The number of amidine groups is 1. The first-order valence-electron chi connectivity index (χ1n) is 8.60. The van der Waals surface area contributed by atoms with Crippen LogP contribution in [-0.2, 0) is 14.6 Å². The van der Waals surface area contributed by atoms with Gasteiger partial charge in [0.05, 0.1) is 9.77 Å². The number of thiophene rings is 1. The van der Waals surface area contributed by atoms with Gasteiger partial charge in [0.2, 0.25) is 9.84 Å². The molecule has 0 unspecified atom stereocenters. The van der Waals surface area contributed by atoms with Gasteiger partial charge in [0, 0.05) is 0 Å². The monoisotopic (exact) mass is 504 g/mol. The standard InChI is InChI=1S/C18H15ClN2O2S2.C2HF3O2/c1-11-5-2-3-8-14(11)12-6-4-7-13(9-12)25(22,23)16-10-15(18(20)21)24-17(16)19;3-2(4,5)1(6)7/h2-10H,1H3,(H3,20,21);(H,6,7). The summed E-state index contributed by atoms with van der Waals surface area (Å²) in [6, 6.07) is 15.9. The summed E-state index contributed by atoms with van der Waals surface area (Å²) in [5, 5.41) is 14.6. The second-order valence-electron chi connectivity index (χ2n) is 6.31. The van der Waals surface area contributed by atoms with Crippen molar-refractivity contribution >= 4 is 44.6 Å². The van der Waals surface area contributed by atoms with Crippen molar-refractivity contribution < 1.29 is 31.5 Å². The number of hydrogen-bond acceptors (Lipinski definition) is 5. The van der Waals surface area contributed by atoms with E-state index in [4.69, 9.17) is 32.6 Å². The molecule has 0 fully saturated rings. The van der Waals surface area contributed by atoms with Crippen LogP contribution in [0, 0.1) is 12.3 Å². The van der Waals surface area contributed by atoms with E-state index in [1.54, 1.807) is 18.2 Å². The van der Waals surface area contributed by atoms with Crippen LogP contribution >= 0.6 is 22.9 Å². The first kappa shape index (κ1) is 25.4. The first-order valence-corrected chi connectivity index (χ1v) is 11.3.